The van der Waals surface area contributed by atoms with Crippen molar-refractivity contribution in [2.24, 2.45) is 5.92 Å². The SMILES string of the molecule is COc1ccccc1C(=O)Nc1sc2c(c1C#N)C[C@H](C)CC2. The molecule has 1 heterocycles. The van der Waals surface area contributed by atoms with Gasteiger partial charge in [-0.1, -0.05) is 19.1 Å². The number of hydrogen-bond acceptors (Lipinski definition) is 4. The van der Waals surface area contributed by atoms with E-state index in [0.717, 1.165) is 24.8 Å². The van der Waals surface area contributed by atoms with E-state index >= 15 is 0 Å². The lowest BCUT2D eigenvalue weighted by atomic mass is 9.88. The predicted molar refractivity (Wildman–Crippen MR) is 91.2 cm³/mol. The molecule has 1 aliphatic rings. The Labute approximate surface area is 139 Å². The first kappa shape index (κ1) is 15.6. The van der Waals surface area contributed by atoms with E-state index in [0.29, 0.717) is 27.8 Å². The molecule has 0 spiro atoms. The number of carbonyl (C=O) groups excluding carboxylic acids is 1. The van der Waals surface area contributed by atoms with Gasteiger partial charge in [0.1, 0.15) is 16.8 Å². The molecule has 0 aliphatic heterocycles. The van der Waals surface area contributed by atoms with E-state index in [1.54, 1.807) is 18.2 Å². The van der Waals surface area contributed by atoms with Gasteiger partial charge >= 0.3 is 0 Å². The maximum Gasteiger partial charge on any atom is 0.260 e. The molecule has 0 bridgehead atoms. The molecule has 1 N–H and O–H groups in total. The highest BCUT2D eigenvalue weighted by Crippen LogP contribution is 2.39. The summed E-state index contributed by atoms with van der Waals surface area (Å²) in [5.41, 5.74) is 2.21. The highest BCUT2D eigenvalue weighted by molar-refractivity contribution is 7.16. The van der Waals surface area contributed by atoms with E-state index in [9.17, 15) is 10.1 Å². The highest BCUT2D eigenvalue weighted by Gasteiger charge is 2.25. The van der Waals surface area contributed by atoms with Gasteiger partial charge in [-0.05, 0) is 42.9 Å². The highest BCUT2D eigenvalue weighted by atomic mass is 32.1. The van der Waals surface area contributed by atoms with E-state index in [4.69, 9.17) is 4.74 Å². The van der Waals surface area contributed by atoms with Crippen molar-refractivity contribution in [3.05, 3.63) is 45.8 Å². The Morgan fingerprint density at radius 2 is 2.22 bits per heavy atom. The second-order valence-electron chi connectivity index (χ2n) is 5.82. The van der Waals surface area contributed by atoms with Crippen LogP contribution >= 0.6 is 11.3 Å². The van der Waals surface area contributed by atoms with Crippen molar-refractivity contribution in [1.82, 2.24) is 0 Å². The van der Waals surface area contributed by atoms with Gasteiger partial charge in [-0.3, -0.25) is 4.79 Å². The fraction of sp³-hybridized carbons (Fsp3) is 0.333. The molecule has 0 unspecified atom stereocenters. The number of nitriles is 1. The molecule has 2 aromatic rings. The fourth-order valence-corrected chi connectivity index (χ4v) is 4.16. The van der Waals surface area contributed by atoms with Crippen LogP contribution in [0.15, 0.2) is 24.3 Å². The van der Waals surface area contributed by atoms with Gasteiger partial charge in [0.2, 0.25) is 0 Å². The summed E-state index contributed by atoms with van der Waals surface area (Å²) < 4.78 is 5.23. The van der Waals surface area contributed by atoms with Crippen molar-refractivity contribution in [3.8, 4) is 11.8 Å². The molecule has 1 amide bonds. The molecule has 1 aliphatic carbocycles. The van der Waals surface area contributed by atoms with Crippen molar-refractivity contribution in [3.63, 3.8) is 0 Å². The van der Waals surface area contributed by atoms with Crippen LogP contribution in [0.4, 0.5) is 5.00 Å². The average Bonchev–Trinajstić information content (AvgIpc) is 2.90. The molecule has 0 saturated carbocycles. The van der Waals surface area contributed by atoms with E-state index < -0.39 is 0 Å². The Morgan fingerprint density at radius 1 is 1.43 bits per heavy atom. The van der Waals surface area contributed by atoms with Crippen molar-refractivity contribution < 1.29 is 9.53 Å². The first-order valence-electron chi connectivity index (χ1n) is 7.63. The lowest BCUT2D eigenvalue weighted by Gasteiger charge is -2.17. The topological polar surface area (TPSA) is 62.1 Å². The Bertz CT molecular complexity index is 789. The molecular formula is C18H18N2O2S. The van der Waals surface area contributed by atoms with Gasteiger partial charge in [-0.2, -0.15) is 5.26 Å². The Hall–Kier alpha value is -2.32. The van der Waals surface area contributed by atoms with Crippen molar-refractivity contribution in [2.45, 2.75) is 26.2 Å². The van der Waals surface area contributed by atoms with Crippen LogP contribution in [0.1, 0.15) is 39.7 Å². The van der Waals surface area contributed by atoms with Crippen molar-refractivity contribution in [1.29, 1.82) is 5.26 Å². The number of fused-ring (bicyclic) bond motifs is 1. The Balaban J connectivity index is 1.92. The van der Waals surface area contributed by atoms with Gasteiger partial charge in [0, 0.05) is 4.88 Å². The monoisotopic (exact) mass is 326 g/mol. The number of aryl methyl sites for hydroxylation is 1. The van der Waals surface area contributed by atoms with Crippen LogP contribution in [0, 0.1) is 17.2 Å². The van der Waals surface area contributed by atoms with Crippen LogP contribution in [0.3, 0.4) is 0 Å². The van der Waals surface area contributed by atoms with Gasteiger partial charge in [-0.25, -0.2) is 0 Å². The fourth-order valence-electron chi connectivity index (χ4n) is 2.97. The summed E-state index contributed by atoms with van der Waals surface area (Å²) in [4.78, 5) is 13.8. The van der Waals surface area contributed by atoms with Gasteiger partial charge in [0.25, 0.3) is 5.91 Å². The summed E-state index contributed by atoms with van der Waals surface area (Å²) in [5, 5.41) is 13.1. The normalized spacial score (nSPS) is 16.3. The number of methoxy groups -OCH3 is 1. The number of hydrogen-bond donors (Lipinski definition) is 1. The van der Waals surface area contributed by atoms with Gasteiger partial charge in [-0.15, -0.1) is 11.3 Å². The second kappa shape index (κ2) is 6.43. The number of carbonyl (C=O) groups is 1. The summed E-state index contributed by atoms with van der Waals surface area (Å²) in [7, 11) is 1.54. The Morgan fingerprint density at radius 3 is 2.96 bits per heavy atom. The first-order valence-corrected chi connectivity index (χ1v) is 8.44. The van der Waals surface area contributed by atoms with E-state index in [-0.39, 0.29) is 5.91 Å². The van der Waals surface area contributed by atoms with Crippen LogP contribution < -0.4 is 10.1 Å². The van der Waals surface area contributed by atoms with Gasteiger partial charge in [0.15, 0.2) is 0 Å². The molecule has 0 radical (unpaired) electrons. The minimum atomic E-state index is -0.245. The van der Waals surface area contributed by atoms with Crippen LogP contribution in [-0.2, 0) is 12.8 Å². The molecule has 4 nitrogen and oxygen atoms in total. The molecule has 0 fully saturated rings. The van der Waals surface area contributed by atoms with Crippen LogP contribution in [0.25, 0.3) is 0 Å². The molecule has 5 heteroatoms. The third kappa shape index (κ3) is 2.95. The molecule has 0 saturated heterocycles. The van der Waals surface area contributed by atoms with Crippen LogP contribution in [-0.4, -0.2) is 13.0 Å². The number of rotatable bonds is 3. The molecule has 3 rings (SSSR count). The number of benzene rings is 1. The summed E-state index contributed by atoms with van der Waals surface area (Å²) >= 11 is 1.53. The number of nitrogens with zero attached hydrogens (tertiary/aromatic N) is 1. The quantitative estimate of drug-likeness (QED) is 0.927. The Kier molecular flexibility index (Phi) is 4.35. The minimum absolute atomic E-state index is 0.245. The summed E-state index contributed by atoms with van der Waals surface area (Å²) in [6.07, 6.45) is 3.04. The second-order valence-corrected chi connectivity index (χ2v) is 6.93. The maximum absolute atomic E-state index is 12.5. The largest absolute Gasteiger partial charge is 0.496 e. The molecular weight excluding hydrogens is 308 g/mol. The number of ether oxygens (including phenoxy) is 1. The lowest BCUT2D eigenvalue weighted by molar-refractivity contribution is 0.102. The molecule has 1 aromatic heterocycles. The minimum Gasteiger partial charge on any atom is -0.496 e. The molecule has 118 valence electrons. The van der Waals surface area contributed by atoms with E-state index in [1.165, 1.54) is 23.3 Å². The van der Waals surface area contributed by atoms with E-state index in [2.05, 4.69) is 18.3 Å². The smallest absolute Gasteiger partial charge is 0.260 e. The molecule has 23 heavy (non-hydrogen) atoms. The van der Waals surface area contributed by atoms with Crippen molar-refractivity contribution in [2.75, 3.05) is 12.4 Å². The van der Waals surface area contributed by atoms with Crippen LogP contribution in [0.2, 0.25) is 0 Å². The number of anilines is 1. The zero-order chi connectivity index (χ0) is 16.4. The maximum atomic E-state index is 12.5. The summed E-state index contributed by atoms with van der Waals surface area (Å²) in [5.74, 6) is 0.867. The first-order chi connectivity index (χ1) is 11.1. The third-order valence-corrected chi connectivity index (χ3v) is 5.41. The number of thiophene rings is 1. The van der Waals surface area contributed by atoms with Crippen molar-refractivity contribution >= 4 is 22.2 Å². The number of amides is 1. The molecule has 1 atom stereocenters. The predicted octanol–water partition coefficient (Wildman–Crippen LogP) is 4.01. The summed E-state index contributed by atoms with van der Waals surface area (Å²) in [6, 6.07) is 9.36. The zero-order valence-corrected chi connectivity index (χ0v) is 14.0. The average molecular weight is 326 g/mol. The van der Waals surface area contributed by atoms with Crippen LogP contribution in [0.5, 0.6) is 5.75 Å². The van der Waals surface area contributed by atoms with Gasteiger partial charge < -0.3 is 10.1 Å². The zero-order valence-electron chi connectivity index (χ0n) is 13.2. The third-order valence-electron chi connectivity index (χ3n) is 4.20. The van der Waals surface area contributed by atoms with E-state index in [1.807, 2.05) is 6.07 Å². The standard InChI is InChI=1S/C18H18N2O2S/c1-11-7-8-16-13(9-11)14(10-19)18(23-16)20-17(21)12-5-3-4-6-15(12)22-2/h3-6,11H,7-9H2,1-2H3,(H,20,21)/t11-/m1/s1. The number of nitrogens with one attached hydrogen (secondary N) is 1. The van der Waals surface area contributed by atoms with Gasteiger partial charge in [0.05, 0.1) is 18.2 Å². The number of para-hydroxylation sites is 1. The summed E-state index contributed by atoms with van der Waals surface area (Å²) in [6.45, 7) is 2.20. The molecule has 1 aromatic carbocycles. The lowest BCUT2D eigenvalue weighted by Crippen LogP contribution is -2.13.